The summed E-state index contributed by atoms with van der Waals surface area (Å²) in [5.74, 6) is 1.05. The molecule has 1 spiro atoms. The molecule has 1 atom stereocenters. The normalized spacial score (nSPS) is 25.5. The molecule has 21 heavy (non-hydrogen) atoms. The quantitative estimate of drug-likeness (QED) is 0.875. The Kier molecular flexibility index (Phi) is 3.23. The third-order valence-corrected chi connectivity index (χ3v) is 5.04. The van der Waals surface area contributed by atoms with E-state index in [0.717, 1.165) is 24.4 Å². The second kappa shape index (κ2) is 5.11. The van der Waals surface area contributed by atoms with Crippen LogP contribution in [0.25, 0.3) is 11.0 Å². The second-order valence-corrected chi connectivity index (χ2v) is 6.50. The molecule has 1 saturated carbocycles. The second-order valence-electron chi connectivity index (χ2n) is 6.50. The van der Waals surface area contributed by atoms with E-state index >= 15 is 0 Å². The molecule has 4 rings (SSSR count). The highest BCUT2D eigenvalue weighted by Crippen LogP contribution is 2.38. The van der Waals surface area contributed by atoms with Gasteiger partial charge in [0.2, 0.25) is 0 Å². The van der Waals surface area contributed by atoms with Gasteiger partial charge >= 0.3 is 0 Å². The van der Waals surface area contributed by atoms with E-state index in [1.807, 2.05) is 6.07 Å². The van der Waals surface area contributed by atoms with Gasteiger partial charge in [-0.1, -0.05) is 31.4 Å². The summed E-state index contributed by atoms with van der Waals surface area (Å²) in [4.78, 5) is 4.81. The summed E-state index contributed by atoms with van der Waals surface area (Å²) in [5, 5.41) is 3.59. The number of aromatic nitrogens is 2. The van der Waals surface area contributed by atoms with Gasteiger partial charge in [0.05, 0.1) is 16.6 Å². The van der Waals surface area contributed by atoms with Crippen LogP contribution in [0.1, 0.15) is 44.0 Å². The van der Waals surface area contributed by atoms with Crippen molar-refractivity contribution in [3.8, 4) is 0 Å². The molecule has 0 amide bonds. The number of nitrogens with one attached hydrogen (secondary N) is 1. The van der Waals surface area contributed by atoms with Crippen molar-refractivity contribution in [2.45, 2.75) is 43.8 Å². The molecule has 4 nitrogen and oxygen atoms in total. The summed E-state index contributed by atoms with van der Waals surface area (Å²) >= 11 is 0. The molecule has 1 aliphatic carbocycles. The fourth-order valence-corrected chi connectivity index (χ4v) is 3.90. The standard InChI is InChI=1S/C17H23N3O/c1-20-14-8-4-3-7-13(14)19-16(20)15-11-18-12-17(21-15)9-5-2-6-10-17/h3-4,7-8,15,18H,2,5-6,9-12H2,1H3. The van der Waals surface area contributed by atoms with Crippen LogP contribution in [0.2, 0.25) is 0 Å². The summed E-state index contributed by atoms with van der Waals surface area (Å²) in [7, 11) is 2.09. The first-order valence-corrected chi connectivity index (χ1v) is 8.07. The lowest BCUT2D eigenvalue weighted by atomic mass is 9.83. The van der Waals surface area contributed by atoms with Crippen molar-refractivity contribution in [1.29, 1.82) is 0 Å². The third-order valence-electron chi connectivity index (χ3n) is 5.04. The van der Waals surface area contributed by atoms with Gasteiger partial charge in [-0.15, -0.1) is 0 Å². The predicted octanol–water partition coefficient (Wildman–Crippen LogP) is 2.94. The Balaban J connectivity index is 1.66. The van der Waals surface area contributed by atoms with Gasteiger partial charge in [0.1, 0.15) is 11.9 Å². The number of hydrogen-bond donors (Lipinski definition) is 1. The predicted molar refractivity (Wildman–Crippen MR) is 83.2 cm³/mol. The number of nitrogens with zero attached hydrogens (tertiary/aromatic N) is 2. The lowest BCUT2D eigenvalue weighted by molar-refractivity contribution is -0.139. The van der Waals surface area contributed by atoms with E-state index in [-0.39, 0.29) is 11.7 Å². The van der Waals surface area contributed by atoms with Crippen LogP contribution in [0.4, 0.5) is 0 Å². The summed E-state index contributed by atoms with van der Waals surface area (Å²) in [6, 6.07) is 8.31. The van der Waals surface area contributed by atoms with Crippen LogP contribution in [0.15, 0.2) is 24.3 Å². The van der Waals surface area contributed by atoms with E-state index in [4.69, 9.17) is 9.72 Å². The molecule has 1 saturated heterocycles. The number of imidazole rings is 1. The Labute approximate surface area is 125 Å². The molecule has 0 radical (unpaired) electrons. The summed E-state index contributed by atoms with van der Waals surface area (Å²) < 4.78 is 8.75. The Hall–Kier alpha value is -1.39. The van der Waals surface area contributed by atoms with Crippen LogP contribution < -0.4 is 5.32 Å². The largest absolute Gasteiger partial charge is 0.361 e. The van der Waals surface area contributed by atoms with E-state index in [9.17, 15) is 0 Å². The van der Waals surface area contributed by atoms with Crippen LogP contribution >= 0.6 is 0 Å². The van der Waals surface area contributed by atoms with Crippen LogP contribution in [0.3, 0.4) is 0 Å². The first-order valence-electron chi connectivity index (χ1n) is 8.07. The van der Waals surface area contributed by atoms with Gasteiger partial charge in [-0.2, -0.15) is 0 Å². The number of rotatable bonds is 1. The minimum absolute atomic E-state index is 0.0410. The SMILES string of the molecule is Cn1c(C2CNCC3(CCCCC3)O2)nc2ccccc21. The van der Waals surface area contributed by atoms with Gasteiger partial charge in [-0.05, 0) is 25.0 Å². The topological polar surface area (TPSA) is 39.1 Å². The average Bonchev–Trinajstić information content (AvgIpc) is 2.86. The third kappa shape index (κ3) is 2.27. The molecule has 2 heterocycles. The summed E-state index contributed by atoms with van der Waals surface area (Å²) in [5.41, 5.74) is 2.28. The number of para-hydroxylation sites is 2. The molecule has 1 unspecified atom stereocenters. The summed E-state index contributed by atoms with van der Waals surface area (Å²) in [6.45, 7) is 1.85. The zero-order valence-corrected chi connectivity index (χ0v) is 12.6. The van der Waals surface area contributed by atoms with Crippen molar-refractivity contribution in [2.75, 3.05) is 13.1 Å². The van der Waals surface area contributed by atoms with Crippen molar-refractivity contribution >= 4 is 11.0 Å². The van der Waals surface area contributed by atoms with E-state index in [0.29, 0.717) is 0 Å². The number of aryl methyl sites for hydroxylation is 1. The smallest absolute Gasteiger partial charge is 0.140 e. The number of hydrogen-bond acceptors (Lipinski definition) is 3. The molecule has 2 aromatic rings. The first-order chi connectivity index (χ1) is 10.3. The van der Waals surface area contributed by atoms with Crippen LogP contribution in [0.5, 0.6) is 0 Å². The minimum atomic E-state index is 0.0410. The maximum absolute atomic E-state index is 6.57. The molecule has 1 aliphatic heterocycles. The summed E-state index contributed by atoms with van der Waals surface area (Å²) in [6.07, 6.45) is 6.35. The van der Waals surface area contributed by atoms with Gasteiger partial charge in [0.15, 0.2) is 0 Å². The highest BCUT2D eigenvalue weighted by Gasteiger charge is 2.39. The van der Waals surface area contributed by atoms with Crippen molar-refractivity contribution in [3.63, 3.8) is 0 Å². The zero-order chi connectivity index (χ0) is 14.3. The average molecular weight is 285 g/mol. The molecule has 1 aromatic heterocycles. The first kappa shape index (κ1) is 13.3. The fraction of sp³-hybridized carbons (Fsp3) is 0.588. The Morgan fingerprint density at radius 2 is 2.05 bits per heavy atom. The highest BCUT2D eigenvalue weighted by atomic mass is 16.5. The number of fused-ring (bicyclic) bond motifs is 1. The number of ether oxygens (including phenoxy) is 1. The Morgan fingerprint density at radius 1 is 1.24 bits per heavy atom. The molecular formula is C17H23N3O. The number of benzene rings is 1. The molecule has 2 aliphatic rings. The van der Waals surface area contributed by atoms with Crippen molar-refractivity contribution in [2.24, 2.45) is 7.05 Å². The Bertz CT molecular complexity index is 637. The maximum Gasteiger partial charge on any atom is 0.140 e. The van der Waals surface area contributed by atoms with Crippen LogP contribution in [-0.4, -0.2) is 28.2 Å². The van der Waals surface area contributed by atoms with Crippen molar-refractivity contribution < 1.29 is 4.74 Å². The van der Waals surface area contributed by atoms with Gasteiger partial charge in [0.25, 0.3) is 0 Å². The van der Waals surface area contributed by atoms with Gasteiger partial charge in [-0.3, -0.25) is 0 Å². The van der Waals surface area contributed by atoms with E-state index in [1.54, 1.807) is 0 Å². The minimum Gasteiger partial charge on any atom is -0.361 e. The van der Waals surface area contributed by atoms with Gasteiger partial charge < -0.3 is 14.6 Å². The maximum atomic E-state index is 6.57. The van der Waals surface area contributed by atoms with E-state index < -0.39 is 0 Å². The van der Waals surface area contributed by atoms with Gasteiger partial charge in [0, 0.05) is 20.1 Å². The van der Waals surface area contributed by atoms with E-state index in [1.165, 1.54) is 37.6 Å². The lowest BCUT2D eigenvalue weighted by Gasteiger charge is -2.43. The number of morpholine rings is 1. The molecule has 4 heteroatoms. The monoisotopic (exact) mass is 285 g/mol. The Morgan fingerprint density at radius 3 is 2.86 bits per heavy atom. The molecule has 0 bridgehead atoms. The van der Waals surface area contributed by atoms with Crippen LogP contribution in [0, 0.1) is 0 Å². The molecular weight excluding hydrogens is 262 g/mol. The van der Waals surface area contributed by atoms with E-state index in [2.05, 4.69) is 35.1 Å². The highest BCUT2D eigenvalue weighted by molar-refractivity contribution is 5.75. The molecule has 2 fully saturated rings. The van der Waals surface area contributed by atoms with Crippen LogP contribution in [-0.2, 0) is 11.8 Å². The fourth-order valence-electron chi connectivity index (χ4n) is 3.90. The molecule has 112 valence electrons. The lowest BCUT2D eigenvalue weighted by Crippen LogP contribution is -2.52. The van der Waals surface area contributed by atoms with Gasteiger partial charge in [-0.25, -0.2) is 4.98 Å². The van der Waals surface area contributed by atoms with Crippen molar-refractivity contribution in [1.82, 2.24) is 14.9 Å². The zero-order valence-electron chi connectivity index (χ0n) is 12.6. The molecule has 1 aromatic carbocycles. The van der Waals surface area contributed by atoms with Crippen molar-refractivity contribution in [3.05, 3.63) is 30.1 Å². The molecule has 1 N–H and O–H groups in total.